The first-order valence-electron chi connectivity index (χ1n) is 12.2. The van der Waals surface area contributed by atoms with E-state index in [1.54, 1.807) is 56.1 Å². The Labute approximate surface area is 225 Å². The number of rotatable bonds is 9. The van der Waals surface area contributed by atoms with Gasteiger partial charge in [-0.15, -0.1) is 11.8 Å². The zero-order valence-electron chi connectivity index (χ0n) is 21.7. The molecule has 0 aliphatic rings. The molecule has 2 amide bonds. The molecule has 0 saturated carbocycles. The van der Waals surface area contributed by atoms with E-state index in [0.29, 0.717) is 29.1 Å². The first-order valence-corrected chi connectivity index (χ1v) is 13.1. The van der Waals surface area contributed by atoms with Crippen LogP contribution in [0.1, 0.15) is 29.4 Å². The molecule has 0 fully saturated rings. The standard InChI is InChI=1S/C29H30N4O4S/c1-5-25(28(35)31-26-19(2)32(3)33(29(26)36)22-11-7-6-8-12-22)38-24-13-9-10-21(18-24)30-27(34)20-14-16-23(37-4)17-15-20/h6-18,25H,5H2,1-4H3,(H,30,34)(H,31,35). The van der Waals surface area contributed by atoms with E-state index in [1.165, 1.54) is 16.4 Å². The Morgan fingerprint density at radius 2 is 1.68 bits per heavy atom. The first kappa shape index (κ1) is 26.8. The van der Waals surface area contributed by atoms with Gasteiger partial charge < -0.3 is 15.4 Å². The predicted molar refractivity (Wildman–Crippen MR) is 152 cm³/mol. The molecular formula is C29H30N4O4S. The van der Waals surface area contributed by atoms with Gasteiger partial charge >= 0.3 is 0 Å². The molecule has 0 aliphatic carbocycles. The second-order valence-corrected chi connectivity index (χ2v) is 9.93. The first-order chi connectivity index (χ1) is 18.3. The number of amides is 2. The zero-order valence-corrected chi connectivity index (χ0v) is 22.5. The summed E-state index contributed by atoms with van der Waals surface area (Å²) < 4.78 is 8.41. The summed E-state index contributed by atoms with van der Waals surface area (Å²) in [7, 11) is 3.36. The number of aromatic nitrogens is 2. The molecule has 8 nitrogen and oxygen atoms in total. The SMILES string of the molecule is CCC(Sc1cccc(NC(=O)c2ccc(OC)cc2)c1)C(=O)Nc1c(C)n(C)n(-c2ccccc2)c1=O. The molecule has 4 rings (SSSR count). The van der Waals surface area contributed by atoms with E-state index in [1.807, 2.05) is 55.5 Å². The van der Waals surface area contributed by atoms with Crippen LogP contribution in [0.3, 0.4) is 0 Å². The van der Waals surface area contributed by atoms with Crippen molar-refractivity contribution in [2.75, 3.05) is 17.7 Å². The van der Waals surface area contributed by atoms with Crippen molar-refractivity contribution in [3.05, 3.63) is 100 Å². The molecule has 196 valence electrons. The van der Waals surface area contributed by atoms with Crippen LogP contribution >= 0.6 is 11.8 Å². The fourth-order valence-corrected chi connectivity index (χ4v) is 5.01. The van der Waals surface area contributed by atoms with E-state index in [2.05, 4.69) is 10.6 Å². The third-order valence-electron chi connectivity index (χ3n) is 6.19. The van der Waals surface area contributed by atoms with E-state index in [9.17, 15) is 14.4 Å². The van der Waals surface area contributed by atoms with Gasteiger partial charge in [-0.1, -0.05) is 31.2 Å². The minimum Gasteiger partial charge on any atom is -0.497 e. The lowest BCUT2D eigenvalue weighted by Gasteiger charge is -2.15. The zero-order chi connectivity index (χ0) is 27.2. The molecule has 0 spiro atoms. The van der Waals surface area contributed by atoms with Gasteiger partial charge in [-0.25, -0.2) is 4.68 Å². The molecule has 38 heavy (non-hydrogen) atoms. The van der Waals surface area contributed by atoms with Crippen molar-refractivity contribution in [3.8, 4) is 11.4 Å². The summed E-state index contributed by atoms with van der Waals surface area (Å²) in [5.74, 6) is 0.179. The second kappa shape index (κ2) is 11.9. The number of thioether (sulfide) groups is 1. The van der Waals surface area contributed by atoms with Gasteiger partial charge in [-0.2, -0.15) is 0 Å². The molecule has 0 aliphatic heterocycles. The quantitative estimate of drug-likeness (QED) is 0.288. The Kier molecular flexibility index (Phi) is 8.38. The summed E-state index contributed by atoms with van der Waals surface area (Å²) in [4.78, 5) is 39.9. The average Bonchev–Trinajstić information content (AvgIpc) is 3.15. The number of carbonyl (C=O) groups excluding carboxylic acids is 2. The molecule has 1 atom stereocenters. The van der Waals surface area contributed by atoms with Crippen LogP contribution in [0.5, 0.6) is 5.75 Å². The van der Waals surface area contributed by atoms with Crippen LogP contribution in [-0.2, 0) is 11.8 Å². The van der Waals surface area contributed by atoms with E-state index >= 15 is 0 Å². The Balaban J connectivity index is 1.47. The van der Waals surface area contributed by atoms with Gasteiger partial charge in [-0.05, 0) is 67.9 Å². The van der Waals surface area contributed by atoms with Gasteiger partial charge in [0, 0.05) is 23.2 Å². The highest BCUT2D eigenvalue weighted by Crippen LogP contribution is 2.29. The number of methoxy groups -OCH3 is 1. The number of nitrogens with zero attached hydrogens (tertiary/aromatic N) is 2. The summed E-state index contributed by atoms with van der Waals surface area (Å²) in [5.41, 5.74) is 2.49. The van der Waals surface area contributed by atoms with Gasteiger partial charge in [0.2, 0.25) is 5.91 Å². The van der Waals surface area contributed by atoms with Crippen LogP contribution in [0.4, 0.5) is 11.4 Å². The number of benzene rings is 3. The molecule has 4 aromatic rings. The highest BCUT2D eigenvalue weighted by atomic mass is 32.2. The van der Waals surface area contributed by atoms with E-state index in [4.69, 9.17) is 4.74 Å². The lowest BCUT2D eigenvalue weighted by Crippen LogP contribution is -2.28. The summed E-state index contributed by atoms with van der Waals surface area (Å²) in [5, 5.41) is 5.32. The summed E-state index contributed by atoms with van der Waals surface area (Å²) in [6, 6.07) is 23.5. The minimum atomic E-state index is -0.438. The van der Waals surface area contributed by atoms with Gasteiger partial charge in [0.1, 0.15) is 11.4 Å². The lowest BCUT2D eigenvalue weighted by atomic mass is 10.2. The third-order valence-corrected chi connectivity index (χ3v) is 7.55. The Bertz CT molecular complexity index is 1490. The van der Waals surface area contributed by atoms with Crippen LogP contribution in [-0.4, -0.2) is 33.5 Å². The van der Waals surface area contributed by atoms with Gasteiger partial charge in [0.05, 0.1) is 23.7 Å². The largest absolute Gasteiger partial charge is 0.497 e. The van der Waals surface area contributed by atoms with Crippen molar-refractivity contribution in [1.29, 1.82) is 0 Å². The van der Waals surface area contributed by atoms with E-state index < -0.39 is 5.25 Å². The van der Waals surface area contributed by atoms with Crippen molar-refractivity contribution >= 4 is 35.0 Å². The number of para-hydroxylation sites is 1. The van der Waals surface area contributed by atoms with Crippen molar-refractivity contribution < 1.29 is 14.3 Å². The molecule has 9 heteroatoms. The predicted octanol–water partition coefficient (Wildman–Crippen LogP) is 5.25. The van der Waals surface area contributed by atoms with Crippen molar-refractivity contribution in [1.82, 2.24) is 9.36 Å². The normalized spacial score (nSPS) is 11.6. The summed E-state index contributed by atoms with van der Waals surface area (Å²) in [6.45, 7) is 3.73. The van der Waals surface area contributed by atoms with Crippen molar-refractivity contribution in [3.63, 3.8) is 0 Å². The van der Waals surface area contributed by atoms with Crippen LogP contribution in [0, 0.1) is 6.92 Å². The van der Waals surface area contributed by atoms with Gasteiger partial charge in [0.15, 0.2) is 0 Å². The van der Waals surface area contributed by atoms with Crippen LogP contribution in [0.25, 0.3) is 5.69 Å². The lowest BCUT2D eigenvalue weighted by molar-refractivity contribution is -0.115. The maximum absolute atomic E-state index is 13.2. The van der Waals surface area contributed by atoms with Gasteiger partial charge in [-0.3, -0.25) is 19.1 Å². The number of carbonyl (C=O) groups is 2. The molecule has 3 aromatic carbocycles. The Morgan fingerprint density at radius 1 is 0.974 bits per heavy atom. The average molecular weight is 531 g/mol. The highest BCUT2D eigenvalue weighted by Gasteiger charge is 2.23. The third kappa shape index (κ3) is 5.84. The minimum absolute atomic E-state index is 0.242. The number of hydrogen-bond acceptors (Lipinski definition) is 5. The maximum atomic E-state index is 13.2. The molecule has 0 radical (unpaired) electrons. The van der Waals surface area contributed by atoms with Gasteiger partial charge in [0.25, 0.3) is 11.5 Å². The molecule has 1 aromatic heterocycles. The number of hydrogen-bond donors (Lipinski definition) is 2. The number of ether oxygens (including phenoxy) is 1. The molecule has 1 heterocycles. The molecule has 2 N–H and O–H groups in total. The fourth-order valence-electron chi connectivity index (χ4n) is 4.00. The maximum Gasteiger partial charge on any atom is 0.295 e. The topological polar surface area (TPSA) is 94.4 Å². The smallest absolute Gasteiger partial charge is 0.295 e. The van der Waals surface area contributed by atoms with Crippen LogP contribution < -0.4 is 20.9 Å². The van der Waals surface area contributed by atoms with Crippen molar-refractivity contribution in [2.24, 2.45) is 7.05 Å². The molecule has 0 bridgehead atoms. The van der Waals surface area contributed by atoms with Crippen molar-refractivity contribution in [2.45, 2.75) is 30.4 Å². The summed E-state index contributed by atoms with van der Waals surface area (Å²) >= 11 is 1.38. The van der Waals surface area contributed by atoms with Crippen LogP contribution in [0.2, 0.25) is 0 Å². The highest BCUT2D eigenvalue weighted by molar-refractivity contribution is 8.00. The number of nitrogens with one attached hydrogen (secondary N) is 2. The number of anilines is 2. The van der Waals surface area contributed by atoms with Crippen LogP contribution in [0.15, 0.2) is 88.6 Å². The Hall–Kier alpha value is -4.24. The monoisotopic (exact) mass is 530 g/mol. The fraction of sp³-hybridized carbons (Fsp3) is 0.207. The molecular weight excluding hydrogens is 500 g/mol. The molecule has 0 saturated heterocycles. The molecule has 1 unspecified atom stereocenters. The van der Waals surface area contributed by atoms with E-state index in [0.717, 1.165) is 10.6 Å². The van der Waals surface area contributed by atoms with E-state index in [-0.39, 0.29) is 23.1 Å². The Morgan fingerprint density at radius 3 is 2.34 bits per heavy atom. The summed E-state index contributed by atoms with van der Waals surface area (Å²) in [6.07, 6.45) is 0.553. The second-order valence-electron chi connectivity index (χ2n) is 8.65.